The maximum Gasteiger partial charge on any atom is 0.125 e. The number of anilines is 1. The van der Waals surface area contributed by atoms with Crippen molar-refractivity contribution in [3.05, 3.63) is 18.2 Å². The van der Waals surface area contributed by atoms with Gasteiger partial charge in [0.25, 0.3) is 0 Å². The predicted octanol–water partition coefficient (Wildman–Crippen LogP) is 2.24. The fraction of sp³-hybridized carbons (Fsp3) is 0.600. The van der Waals surface area contributed by atoms with Crippen LogP contribution in [0.25, 0.3) is 0 Å². The molecule has 0 aromatic carbocycles. The fourth-order valence-corrected chi connectivity index (χ4v) is 0.897. The van der Waals surface area contributed by atoms with E-state index in [4.69, 9.17) is 0 Å². The molecule has 13 heavy (non-hydrogen) atoms. The van der Waals surface area contributed by atoms with Gasteiger partial charge in [-0.15, -0.1) is 0 Å². The van der Waals surface area contributed by atoms with Crippen molar-refractivity contribution in [1.82, 2.24) is 9.97 Å². The molecule has 0 amide bonds. The molecule has 0 saturated heterocycles. The van der Waals surface area contributed by atoms with E-state index in [1.807, 2.05) is 19.3 Å². The fourth-order valence-electron chi connectivity index (χ4n) is 0.897. The number of hydrogen-bond donors (Lipinski definition) is 1. The second kappa shape index (κ2) is 4.21. The monoisotopic (exact) mass is 179 g/mol. The summed E-state index contributed by atoms with van der Waals surface area (Å²) in [4.78, 5) is 8.24. The van der Waals surface area contributed by atoms with E-state index in [1.54, 1.807) is 0 Å². The van der Waals surface area contributed by atoms with Crippen LogP contribution in [0.1, 0.15) is 26.6 Å². The first-order chi connectivity index (χ1) is 6.09. The van der Waals surface area contributed by atoms with Crippen LogP contribution in [0.4, 0.5) is 5.69 Å². The molecule has 0 saturated carbocycles. The molecule has 1 atom stereocenters. The van der Waals surface area contributed by atoms with Crippen molar-refractivity contribution < 1.29 is 0 Å². The molecule has 1 rings (SSSR count). The second-order valence-electron chi connectivity index (χ2n) is 3.70. The smallest absolute Gasteiger partial charge is 0.125 e. The third-order valence-corrected chi connectivity index (χ3v) is 2.18. The SMILES string of the molecule is Cc1ncc(NC(C)C(C)C)cn1. The summed E-state index contributed by atoms with van der Waals surface area (Å²) in [5.74, 6) is 1.42. The molecule has 72 valence electrons. The number of aromatic nitrogens is 2. The highest BCUT2D eigenvalue weighted by Gasteiger charge is 2.06. The topological polar surface area (TPSA) is 37.8 Å². The highest BCUT2D eigenvalue weighted by Crippen LogP contribution is 2.09. The van der Waals surface area contributed by atoms with Gasteiger partial charge in [0.2, 0.25) is 0 Å². The Bertz CT molecular complexity index is 253. The van der Waals surface area contributed by atoms with Gasteiger partial charge >= 0.3 is 0 Å². The van der Waals surface area contributed by atoms with E-state index in [2.05, 4.69) is 36.1 Å². The number of rotatable bonds is 3. The van der Waals surface area contributed by atoms with Gasteiger partial charge in [-0.2, -0.15) is 0 Å². The van der Waals surface area contributed by atoms with Crippen LogP contribution in [-0.2, 0) is 0 Å². The quantitative estimate of drug-likeness (QED) is 0.773. The molecule has 0 spiro atoms. The van der Waals surface area contributed by atoms with Crippen molar-refractivity contribution in [2.75, 3.05) is 5.32 Å². The highest BCUT2D eigenvalue weighted by atomic mass is 15.0. The van der Waals surface area contributed by atoms with E-state index in [0.29, 0.717) is 12.0 Å². The summed E-state index contributed by atoms with van der Waals surface area (Å²) in [6.07, 6.45) is 3.64. The van der Waals surface area contributed by atoms with Crippen LogP contribution < -0.4 is 5.32 Å². The first-order valence-electron chi connectivity index (χ1n) is 4.65. The highest BCUT2D eigenvalue weighted by molar-refractivity contribution is 5.38. The van der Waals surface area contributed by atoms with E-state index in [9.17, 15) is 0 Å². The lowest BCUT2D eigenvalue weighted by Crippen LogP contribution is -2.21. The third kappa shape index (κ3) is 3.01. The molecule has 1 N–H and O–H groups in total. The first kappa shape index (κ1) is 9.96. The molecule has 0 radical (unpaired) electrons. The van der Waals surface area contributed by atoms with Crippen molar-refractivity contribution in [2.45, 2.75) is 33.7 Å². The van der Waals surface area contributed by atoms with Crippen LogP contribution in [0.2, 0.25) is 0 Å². The zero-order valence-electron chi connectivity index (χ0n) is 8.70. The number of hydrogen-bond acceptors (Lipinski definition) is 3. The van der Waals surface area contributed by atoms with Crippen molar-refractivity contribution in [3.8, 4) is 0 Å². The van der Waals surface area contributed by atoms with E-state index in [0.717, 1.165) is 11.5 Å². The molecule has 0 aliphatic rings. The van der Waals surface area contributed by atoms with E-state index in [-0.39, 0.29) is 0 Å². The van der Waals surface area contributed by atoms with Gasteiger partial charge in [-0.05, 0) is 19.8 Å². The van der Waals surface area contributed by atoms with Crippen molar-refractivity contribution in [1.29, 1.82) is 0 Å². The molecule has 3 nitrogen and oxygen atoms in total. The molecular weight excluding hydrogens is 162 g/mol. The van der Waals surface area contributed by atoms with Crippen molar-refractivity contribution in [3.63, 3.8) is 0 Å². The Morgan fingerprint density at radius 1 is 1.15 bits per heavy atom. The van der Waals surface area contributed by atoms with Gasteiger partial charge in [0.05, 0.1) is 18.1 Å². The van der Waals surface area contributed by atoms with Crippen LogP contribution in [0, 0.1) is 12.8 Å². The lowest BCUT2D eigenvalue weighted by molar-refractivity contribution is 0.559. The zero-order valence-corrected chi connectivity index (χ0v) is 8.70. The van der Waals surface area contributed by atoms with Crippen LogP contribution in [0.5, 0.6) is 0 Å². The molecule has 3 heteroatoms. The van der Waals surface area contributed by atoms with E-state index >= 15 is 0 Å². The maximum absolute atomic E-state index is 4.12. The number of aryl methyl sites for hydroxylation is 1. The minimum Gasteiger partial charge on any atom is -0.380 e. The lowest BCUT2D eigenvalue weighted by atomic mass is 10.1. The van der Waals surface area contributed by atoms with Gasteiger partial charge in [0.1, 0.15) is 5.82 Å². The molecule has 1 unspecified atom stereocenters. The Morgan fingerprint density at radius 3 is 2.15 bits per heavy atom. The minimum absolute atomic E-state index is 0.450. The normalized spacial score (nSPS) is 13.0. The average molecular weight is 179 g/mol. The van der Waals surface area contributed by atoms with Gasteiger partial charge in [-0.25, -0.2) is 9.97 Å². The Hall–Kier alpha value is -1.12. The van der Waals surface area contributed by atoms with Crippen molar-refractivity contribution >= 4 is 5.69 Å². The summed E-state index contributed by atoms with van der Waals surface area (Å²) in [6, 6.07) is 0.450. The molecular formula is C10H17N3. The van der Waals surface area contributed by atoms with Gasteiger partial charge in [0.15, 0.2) is 0 Å². The standard InChI is InChI=1S/C10H17N3/c1-7(2)8(3)13-10-5-11-9(4)12-6-10/h5-8,13H,1-4H3. The van der Waals surface area contributed by atoms with Gasteiger partial charge in [-0.3, -0.25) is 0 Å². The molecule has 0 fully saturated rings. The maximum atomic E-state index is 4.12. The summed E-state index contributed by atoms with van der Waals surface area (Å²) < 4.78 is 0. The molecule has 1 aromatic rings. The van der Waals surface area contributed by atoms with Gasteiger partial charge < -0.3 is 5.32 Å². The molecule has 0 bridgehead atoms. The summed E-state index contributed by atoms with van der Waals surface area (Å²) in [5.41, 5.74) is 0.992. The van der Waals surface area contributed by atoms with E-state index in [1.165, 1.54) is 0 Å². The Balaban J connectivity index is 2.59. The number of nitrogens with one attached hydrogen (secondary N) is 1. The van der Waals surface area contributed by atoms with E-state index < -0.39 is 0 Å². The largest absolute Gasteiger partial charge is 0.380 e. The van der Waals surface area contributed by atoms with Crippen LogP contribution >= 0.6 is 0 Å². The molecule has 1 heterocycles. The number of nitrogens with zero attached hydrogens (tertiary/aromatic N) is 2. The van der Waals surface area contributed by atoms with Crippen LogP contribution in [0.3, 0.4) is 0 Å². The zero-order chi connectivity index (χ0) is 9.84. The Labute approximate surface area is 79.6 Å². The minimum atomic E-state index is 0.450. The van der Waals surface area contributed by atoms with Gasteiger partial charge in [0, 0.05) is 6.04 Å². The summed E-state index contributed by atoms with van der Waals surface area (Å²) in [5, 5.41) is 3.34. The van der Waals surface area contributed by atoms with Crippen LogP contribution in [-0.4, -0.2) is 16.0 Å². The molecule has 1 aromatic heterocycles. The third-order valence-electron chi connectivity index (χ3n) is 2.18. The summed E-state index contributed by atoms with van der Waals surface area (Å²) >= 11 is 0. The second-order valence-corrected chi connectivity index (χ2v) is 3.70. The first-order valence-corrected chi connectivity index (χ1v) is 4.65. The predicted molar refractivity (Wildman–Crippen MR) is 54.7 cm³/mol. The molecule has 0 aliphatic heterocycles. The summed E-state index contributed by atoms with van der Waals surface area (Å²) in [7, 11) is 0. The summed E-state index contributed by atoms with van der Waals surface area (Å²) in [6.45, 7) is 8.42. The van der Waals surface area contributed by atoms with Crippen LogP contribution in [0.15, 0.2) is 12.4 Å². The van der Waals surface area contributed by atoms with Crippen molar-refractivity contribution in [2.24, 2.45) is 5.92 Å². The lowest BCUT2D eigenvalue weighted by Gasteiger charge is -2.18. The Morgan fingerprint density at radius 2 is 1.69 bits per heavy atom. The van der Waals surface area contributed by atoms with Gasteiger partial charge in [-0.1, -0.05) is 13.8 Å². The molecule has 0 aliphatic carbocycles. The average Bonchev–Trinajstić information content (AvgIpc) is 2.08. The Kier molecular flexibility index (Phi) is 3.23.